The van der Waals surface area contributed by atoms with E-state index in [2.05, 4.69) is 15.6 Å². The van der Waals surface area contributed by atoms with Crippen molar-refractivity contribution < 1.29 is 28.7 Å². The average Bonchev–Trinajstić information content (AvgIpc) is 3.77. The lowest BCUT2D eigenvalue weighted by Gasteiger charge is -2.26. The summed E-state index contributed by atoms with van der Waals surface area (Å²) in [5, 5.41) is 5.76. The van der Waals surface area contributed by atoms with Crippen LogP contribution in [0.5, 0.6) is 0 Å². The summed E-state index contributed by atoms with van der Waals surface area (Å²) < 4.78 is 10.0. The Bertz CT molecular complexity index is 1130. The summed E-state index contributed by atoms with van der Waals surface area (Å²) in [6.45, 7) is 3.89. The molecule has 0 radical (unpaired) electrons. The minimum absolute atomic E-state index is 0.0773. The maximum absolute atomic E-state index is 13.3. The van der Waals surface area contributed by atoms with E-state index in [4.69, 9.17) is 9.47 Å². The van der Waals surface area contributed by atoms with Crippen LogP contribution in [-0.4, -0.2) is 72.7 Å². The molecule has 1 saturated heterocycles. The predicted molar refractivity (Wildman–Crippen MR) is 135 cm³/mol. The molecule has 1 aliphatic carbocycles. The number of hydrogen-bond donors (Lipinski definition) is 2. The molecule has 37 heavy (non-hydrogen) atoms. The molecule has 0 spiro atoms. The fourth-order valence-corrected chi connectivity index (χ4v) is 4.12. The van der Waals surface area contributed by atoms with Crippen LogP contribution < -0.4 is 10.6 Å². The minimum Gasteiger partial charge on any atom is -0.466 e. The van der Waals surface area contributed by atoms with Crippen LogP contribution in [0.2, 0.25) is 0 Å². The lowest BCUT2D eigenvalue weighted by Crippen LogP contribution is -2.49. The Morgan fingerprint density at radius 2 is 1.84 bits per heavy atom. The first-order chi connectivity index (χ1) is 17.9. The molecule has 4 rings (SSSR count). The number of carbonyl (C=O) groups excluding carboxylic acids is 4. The average molecular weight is 509 g/mol. The molecule has 2 aromatic rings. The van der Waals surface area contributed by atoms with Gasteiger partial charge in [0, 0.05) is 38.2 Å². The van der Waals surface area contributed by atoms with Crippen molar-refractivity contribution in [1.82, 2.24) is 20.5 Å². The molecule has 1 atom stereocenters. The topological polar surface area (TPSA) is 127 Å². The summed E-state index contributed by atoms with van der Waals surface area (Å²) in [4.78, 5) is 56.6. The first-order valence-electron chi connectivity index (χ1n) is 12.7. The van der Waals surface area contributed by atoms with Gasteiger partial charge in [0.05, 0.1) is 12.3 Å². The molecule has 2 amide bonds. The van der Waals surface area contributed by atoms with Crippen molar-refractivity contribution in [1.29, 1.82) is 0 Å². The number of nitrogens with one attached hydrogen (secondary N) is 2. The summed E-state index contributed by atoms with van der Waals surface area (Å²) in [6.07, 6.45) is 1.11. The van der Waals surface area contributed by atoms with Gasteiger partial charge >= 0.3 is 18.0 Å². The molecule has 10 nitrogen and oxygen atoms in total. The van der Waals surface area contributed by atoms with Gasteiger partial charge in [-0.2, -0.15) is 0 Å². The SMILES string of the molecule is CCOC(=O)CCC(NC(=O)c1cc(C2CC2)cc(-c2ccccc2)n1)C(=O)OC(=O)N1CCNCC1. The molecule has 1 aromatic heterocycles. The zero-order valence-electron chi connectivity index (χ0n) is 20.9. The van der Waals surface area contributed by atoms with E-state index in [9.17, 15) is 19.2 Å². The van der Waals surface area contributed by atoms with Gasteiger partial charge in [-0.15, -0.1) is 0 Å². The second-order valence-corrected chi connectivity index (χ2v) is 9.11. The molecular formula is C27H32N4O6. The van der Waals surface area contributed by atoms with E-state index in [0.29, 0.717) is 37.8 Å². The molecule has 2 fully saturated rings. The van der Waals surface area contributed by atoms with Crippen molar-refractivity contribution in [2.24, 2.45) is 0 Å². The third-order valence-corrected chi connectivity index (χ3v) is 6.29. The van der Waals surface area contributed by atoms with E-state index in [-0.39, 0.29) is 25.1 Å². The molecule has 1 unspecified atom stereocenters. The molecule has 0 bridgehead atoms. The van der Waals surface area contributed by atoms with Crippen LogP contribution in [0.15, 0.2) is 42.5 Å². The highest BCUT2D eigenvalue weighted by Gasteiger charge is 2.30. The predicted octanol–water partition coefficient (Wildman–Crippen LogP) is 2.64. The second kappa shape index (κ2) is 12.4. The van der Waals surface area contributed by atoms with Gasteiger partial charge in [-0.05, 0) is 49.8 Å². The van der Waals surface area contributed by atoms with E-state index in [1.165, 1.54) is 4.90 Å². The van der Waals surface area contributed by atoms with Crippen LogP contribution in [0.4, 0.5) is 4.79 Å². The van der Waals surface area contributed by atoms with Crippen LogP contribution in [0.1, 0.15) is 54.6 Å². The molecule has 1 aliphatic heterocycles. The number of rotatable bonds is 9. The number of amides is 2. The molecule has 2 heterocycles. The lowest BCUT2D eigenvalue weighted by molar-refractivity contribution is -0.144. The summed E-state index contributed by atoms with van der Waals surface area (Å²) >= 11 is 0. The largest absolute Gasteiger partial charge is 0.466 e. The molecule has 10 heteroatoms. The molecule has 2 aliphatic rings. The molecular weight excluding hydrogens is 476 g/mol. The van der Waals surface area contributed by atoms with Gasteiger partial charge in [0.25, 0.3) is 5.91 Å². The van der Waals surface area contributed by atoms with Gasteiger partial charge in [0.1, 0.15) is 11.7 Å². The Labute approximate surface area is 215 Å². The Morgan fingerprint density at radius 3 is 2.51 bits per heavy atom. The van der Waals surface area contributed by atoms with E-state index >= 15 is 0 Å². The molecule has 1 saturated carbocycles. The van der Waals surface area contributed by atoms with E-state index in [0.717, 1.165) is 24.0 Å². The highest BCUT2D eigenvalue weighted by molar-refractivity contribution is 5.97. The number of carbonyl (C=O) groups is 4. The zero-order valence-corrected chi connectivity index (χ0v) is 20.9. The van der Waals surface area contributed by atoms with Crippen molar-refractivity contribution >= 4 is 23.9 Å². The number of hydrogen-bond acceptors (Lipinski definition) is 8. The standard InChI is InChI=1S/C27H32N4O6/c1-2-36-24(32)11-10-21(26(34)37-27(35)31-14-12-28-13-15-31)30-25(33)23-17-20(18-8-9-18)16-22(29-23)19-6-4-3-5-7-19/h3-7,16-18,21,28H,2,8-15H2,1H3,(H,30,33). The van der Waals surface area contributed by atoms with Crippen molar-refractivity contribution in [3.8, 4) is 11.3 Å². The number of benzene rings is 1. The van der Waals surface area contributed by atoms with Crippen molar-refractivity contribution in [2.75, 3.05) is 32.8 Å². The van der Waals surface area contributed by atoms with Crippen molar-refractivity contribution in [2.45, 2.75) is 44.6 Å². The maximum atomic E-state index is 13.3. The monoisotopic (exact) mass is 508 g/mol. The number of ether oxygens (including phenoxy) is 2. The molecule has 1 aromatic carbocycles. The van der Waals surface area contributed by atoms with Gasteiger partial charge in [0.2, 0.25) is 0 Å². The van der Waals surface area contributed by atoms with Crippen LogP contribution in [0.3, 0.4) is 0 Å². The van der Waals surface area contributed by atoms with Crippen LogP contribution >= 0.6 is 0 Å². The van der Waals surface area contributed by atoms with Gasteiger partial charge in [-0.1, -0.05) is 30.3 Å². The minimum atomic E-state index is -1.23. The van der Waals surface area contributed by atoms with E-state index in [1.54, 1.807) is 13.0 Å². The van der Waals surface area contributed by atoms with Crippen LogP contribution in [0.25, 0.3) is 11.3 Å². The van der Waals surface area contributed by atoms with E-state index < -0.39 is 30.0 Å². The number of nitrogens with zero attached hydrogens (tertiary/aromatic N) is 2. The number of pyridine rings is 1. The Kier molecular flexibility index (Phi) is 8.84. The van der Waals surface area contributed by atoms with Gasteiger partial charge in [-0.3, -0.25) is 9.59 Å². The molecule has 2 N–H and O–H groups in total. The normalized spacial score (nSPS) is 16.0. The van der Waals surface area contributed by atoms with Gasteiger partial charge in [-0.25, -0.2) is 14.6 Å². The van der Waals surface area contributed by atoms with Gasteiger partial charge in [0.15, 0.2) is 0 Å². The highest BCUT2D eigenvalue weighted by Crippen LogP contribution is 2.41. The van der Waals surface area contributed by atoms with Gasteiger partial charge < -0.3 is 25.0 Å². The van der Waals surface area contributed by atoms with Crippen molar-refractivity contribution in [3.63, 3.8) is 0 Å². The molecule has 196 valence electrons. The number of piperazine rings is 1. The third-order valence-electron chi connectivity index (χ3n) is 6.29. The Morgan fingerprint density at radius 1 is 1.11 bits per heavy atom. The Balaban J connectivity index is 1.51. The maximum Gasteiger partial charge on any atom is 0.417 e. The van der Waals surface area contributed by atoms with Crippen LogP contribution in [-0.2, 0) is 19.1 Å². The summed E-state index contributed by atoms with van der Waals surface area (Å²) in [5.74, 6) is -1.65. The quantitative estimate of drug-likeness (QED) is 0.391. The third kappa shape index (κ3) is 7.36. The first-order valence-corrected chi connectivity index (χ1v) is 12.7. The van der Waals surface area contributed by atoms with Crippen LogP contribution in [0, 0.1) is 0 Å². The highest BCUT2D eigenvalue weighted by atomic mass is 16.6. The fourth-order valence-electron chi connectivity index (χ4n) is 4.12. The zero-order chi connectivity index (χ0) is 26.2. The van der Waals surface area contributed by atoms with E-state index in [1.807, 2.05) is 36.4 Å². The summed E-state index contributed by atoms with van der Waals surface area (Å²) in [5.41, 5.74) is 2.71. The Hall–Kier alpha value is -3.79. The fraction of sp³-hybridized carbons (Fsp3) is 0.444. The smallest absolute Gasteiger partial charge is 0.417 e. The summed E-state index contributed by atoms with van der Waals surface area (Å²) in [7, 11) is 0. The van der Waals surface area contributed by atoms with Crippen molar-refractivity contribution in [3.05, 3.63) is 53.7 Å². The lowest BCUT2D eigenvalue weighted by atomic mass is 10.0. The second-order valence-electron chi connectivity index (χ2n) is 9.11. The number of esters is 2. The first kappa shape index (κ1) is 26.3. The summed E-state index contributed by atoms with van der Waals surface area (Å²) in [6, 6.07) is 12.0. The number of aromatic nitrogens is 1.